The van der Waals surface area contributed by atoms with Crippen molar-refractivity contribution in [3.8, 4) is 5.88 Å². The molecule has 2 rings (SSSR count). The van der Waals surface area contributed by atoms with Gasteiger partial charge < -0.3 is 9.84 Å². The zero-order chi connectivity index (χ0) is 14.7. The van der Waals surface area contributed by atoms with E-state index >= 15 is 0 Å². The molecule has 0 amide bonds. The van der Waals surface area contributed by atoms with Gasteiger partial charge in [0.1, 0.15) is 0 Å². The van der Waals surface area contributed by atoms with Crippen LogP contribution in [-0.4, -0.2) is 22.0 Å². The summed E-state index contributed by atoms with van der Waals surface area (Å²) in [7, 11) is 1.48. The Kier molecular flexibility index (Phi) is 4.20. The average Bonchev–Trinajstić information content (AvgIpc) is 2.44. The van der Waals surface area contributed by atoms with Crippen molar-refractivity contribution in [1.29, 1.82) is 0 Å². The molecule has 0 aliphatic rings. The van der Waals surface area contributed by atoms with Crippen molar-refractivity contribution >= 4 is 0 Å². The summed E-state index contributed by atoms with van der Waals surface area (Å²) in [5.41, 5.74) is 2.77. The van der Waals surface area contributed by atoms with Gasteiger partial charge in [0.05, 0.1) is 19.8 Å². The Balaban J connectivity index is 2.24. The first-order valence-corrected chi connectivity index (χ1v) is 6.38. The summed E-state index contributed by atoms with van der Waals surface area (Å²) in [6.45, 7) is 4.10. The molecule has 106 valence electrons. The van der Waals surface area contributed by atoms with Gasteiger partial charge in [-0.1, -0.05) is 18.2 Å². The summed E-state index contributed by atoms with van der Waals surface area (Å²) in [5.74, 6) is 0.344. The molecule has 1 heterocycles. The number of aryl methyl sites for hydroxylation is 2. The van der Waals surface area contributed by atoms with E-state index in [0.717, 1.165) is 16.7 Å². The van der Waals surface area contributed by atoms with Gasteiger partial charge in [0.15, 0.2) is 0 Å². The van der Waals surface area contributed by atoms with Gasteiger partial charge in [-0.3, -0.25) is 4.79 Å². The molecule has 0 aliphatic carbocycles. The van der Waals surface area contributed by atoms with Gasteiger partial charge >= 0.3 is 0 Å². The van der Waals surface area contributed by atoms with E-state index < -0.39 is 6.10 Å². The molecular formula is C15H18N2O3. The third kappa shape index (κ3) is 3.05. The number of ether oxygens (including phenoxy) is 1. The molecule has 1 aromatic heterocycles. The Labute approximate surface area is 117 Å². The summed E-state index contributed by atoms with van der Waals surface area (Å²) in [4.78, 5) is 11.7. The highest BCUT2D eigenvalue weighted by atomic mass is 16.5. The molecule has 0 bridgehead atoms. The first-order valence-electron chi connectivity index (χ1n) is 6.38. The number of methoxy groups -OCH3 is 1. The molecule has 5 heteroatoms. The molecule has 1 unspecified atom stereocenters. The lowest BCUT2D eigenvalue weighted by molar-refractivity contribution is 0.148. The van der Waals surface area contributed by atoms with Gasteiger partial charge in [-0.05, 0) is 30.5 Å². The van der Waals surface area contributed by atoms with Crippen LogP contribution in [0, 0.1) is 13.8 Å². The molecular weight excluding hydrogens is 256 g/mol. The summed E-state index contributed by atoms with van der Waals surface area (Å²) >= 11 is 0. The largest absolute Gasteiger partial charge is 0.480 e. The van der Waals surface area contributed by atoms with Gasteiger partial charge in [0.25, 0.3) is 5.56 Å². The highest BCUT2D eigenvalue weighted by molar-refractivity contribution is 5.31. The van der Waals surface area contributed by atoms with Crippen LogP contribution < -0.4 is 10.3 Å². The van der Waals surface area contributed by atoms with Crippen molar-refractivity contribution in [3.05, 3.63) is 57.4 Å². The Morgan fingerprint density at radius 3 is 2.65 bits per heavy atom. The Morgan fingerprint density at radius 2 is 2.00 bits per heavy atom. The second-order valence-electron chi connectivity index (χ2n) is 4.76. The van der Waals surface area contributed by atoms with E-state index in [-0.39, 0.29) is 12.1 Å². The summed E-state index contributed by atoms with van der Waals surface area (Å²) in [6.07, 6.45) is -0.786. The van der Waals surface area contributed by atoms with Gasteiger partial charge in [0.2, 0.25) is 5.88 Å². The first-order chi connectivity index (χ1) is 9.51. The number of nitrogens with zero attached hydrogens (tertiary/aromatic N) is 2. The minimum Gasteiger partial charge on any atom is -0.480 e. The van der Waals surface area contributed by atoms with Gasteiger partial charge in [0, 0.05) is 12.1 Å². The number of aliphatic hydroxyl groups excluding tert-OH is 1. The monoisotopic (exact) mass is 274 g/mol. The fourth-order valence-electron chi connectivity index (χ4n) is 1.91. The van der Waals surface area contributed by atoms with Gasteiger partial charge in [-0.25, -0.2) is 4.68 Å². The standard InChI is InChI=1S/C15H18N2O3/c1-10-4-5-12(8-11(10)2)13(18)9-17-15(19)7-6-14(16-17)20-3/h4-8,13,18H,9H2,1-3H3. The van der Waals surface area contributed by atoms with Crippen LogP contribution in [0.1, 0.15) is 22.8 Å². The first kappa shape index (κ1) is 14.3. The SMILES string of the molecule is COc1ccc(=O)n(CC(O)c2ccc(C)c(C)c2)n1. The maximum Gasteiger partial charge on any atom is 0.267 e. The van der Waals surface area contributed by atoms with Gasteiger partial charge in [-0.2, -0.15) is 0 Å². The van der Waals surface area contributed by atoms with Crippen molar-refractivity contribution < 1.29 is 9.84 Å². The van der Waals surface area contributed by atoms with Crippen molar-refractivity contribution in [3.63, 3.8) is 0 Å². The summed E-state index contributed by atoms with van der Waals surface area (Å²) in [6, 6.07) is 8.61. The lowest BCUT2D eigenvalue weighted by atomic mass is 10.0. The average molecular weight is 274 g/mol. The quantitative estimate of drug-likeness (QED) is 0.919. The number of hydrogen-bond donors (Lipinski definition) is 1. The molecule has 0 fully saturated rings. The molecule has 0 saturated carbocycles. The lowest BCUT2D eigenvalue weighted by Gasteiger charge is -2.14. The minimum absolute atomic E-state index is 0.0958. The zero-order valence-corrected chi connectivity index (χ0v) is 11.8. The molecule has 1 atom stereocenters. The fraction of sp³-hybridized carbons (Fsp3) is 0.333. The molecule has 1 N–H and O–H groups in total. The van der Waals surface area contributed by atoms with Gasteiger partial charge in [-0.15, -0.1) is 5.10 Å². The van der Waals surface area contributed by atoms with Crippen LogP contribution in [0.5, 0.6) is 5.88 Å². The van der Waals surface area contributed by atoms with Crippen LogP contribution >= 0.6 is 0 Å². The van der Waals surface area contributed by atoms with Crippen LogP contribution in [0.3, 0.4) is 0 Å². The molecule has 2 aromatic rings. The number of aliphatic hydroxyl groups is 1. The van der Waals surface area contributed by atoms with E-state index in [1.54, 1.807) is 0 Å². The smallest absolute Gasteiger partial charge is 0.267 e. The predicted molar refractivity (Wildman–Crippen MR) is 75.9 cm³/mol. The fourth-order valence-corrected chi connectivity index (χ4v) is 1.91. The molecule has 0 saturated heterocycles. The van der Waals surface area contributed by atoms with E-state index in [1.807, 2.05) is 32.0 Å². The molecule has 1 aromatic carbocycles. The summed E-state index contributed by atoms with van der Waals surface area (Å²) in [5, 5.41) is 14.3. The highest BCUT2D eigenvalue weighted by Gasteiger charge is 2.11. The normalized spacial score (nSPS) is 12.2. The van der Waals surface area contributed by atoms with E-state index in [1.165, 1.54) is 23.9 Å². The van der Waals surface area contributed by atoms with Crippen LogP contribution in [0.2, 0.25) is 0 Å². The Hall–Kier alpha value is -2.14. The van der Waals surface area contributed by atoms with Crippen LogP contribution in [-0.2, 0) is 6.54 Å². The Bertz CT molecular complexity index is 664. The maximum absolute atomic E-state index is 11.7. The maximum atomic E-state index is 11.7. The lowest BCUT2D eigenvalue weighted by Crippen LogP contribution is -2.25. The third-order valence-corrected chi connectivity index (χ3v) is 3.31. The van der Waals surface area contributed by atoms with Crippen LogP contribution in [0.15, 0.2) is 35.1 Å². The van der Waals surface area contributed by atoms with E-state index in [0.29, 0.717) is 5.88 Å². The number of rotatable bonds is 4. The third-order valence-electron chi connectivity index (χ3n) is 3.31. The second-order valence-corrected chi connectivity index (χ2v) is 4.76. The van der Waals surface area contributed by atoms with E-state index in [4.69, 9.17) is 4.74 Å². The molecule has 20 heavy (non-hydrogen) atoms. The minimum atomic E-state index is -0.786. The summed E-state index contributed by atoms with van der Waals surface area (Å²) < 4.78 is 6.19. The van der Waals surface area contributed by atoms with Crippen LogP contribution in [0.25, 0.3) is 0 Å². The molecule has 0 aliphatic heterocycles. The zero-order valence-electron chi connectivity index (χ0n) is 11.8. The van der Waals surface area contributed by atoms with Crippen molar-refractivity contribution in [2.75, 3.05) is 7.11 Å². The van der Waals surface area contributed by atoms with E-state index in [2.05, 4.69) is 5.10 Å². The van der Waals surface area contributed by atoms with E-state index in [9.17, 15) is 9.90 Å². The Morgan fingerprint density at radius 1 is 1.25 bits per heavy atom. The number of aromatic nitrogens is 2. The predicted octanol–water partition coefficient (Wildman–Crippen LogP) is 1.60. The number of benzene rings is 1. The molecule has 0 radical (unpaired) electrons. The van der Waals surface area contributed by atoms with Crippen molar-refractivity contribution in [1.82, 2.24) is 9.78 Å². The second kappa shape index (κ2) is 5.88. The molecule has 5 nitrogen and oxygen atoms in total. The van der Waals surface area contributed by atoms with Crippen molar-refractivity contribution in [2.24, 2.45) is 0 Å². The molecule has 0 spiro atoms. The number of hydrogen-bond acceptors (Lipinski definition) is 4. The van der Waals surface area contributed by atoms with Crippen LogP contribution in [0.4, 0.5) is 0 Å². The topological polar surface area (TPSA) is 64.3 Å². The highest BCUT2D eigenvalue weighted by Crippen LogP contribution is 2.18. The van der Waals surface area contributed by atoms with Crippen molar-refractivity contribution in [2.45, 2.75) is 26.5 Å².